The third-order valence-electron chi connectivity index (χ3n) is 6.22. The minimum Gasteiger partial charge on any atom is -0.372 e. The molecule has 0 spiro atoms. The molecule has 1 fully saturated rings. The second kappa shape index (κ2) is 9.22. The molecule has 0 radical (unpaired) electrons. The summed E-state index contributed by atoms with van der Waals surface area (Å²) in [4.78, 5) is 15.0. The van der Waals surface area contributed by atoms with Gasteiger partial charge < -0.3 is 10.2 Å². The van der Waals surface area contributed by atoms with Crippen LogP contribution in [-0.2, 0) is 6.54 Å². The molecule has 1 aliphatic rings. The van der Waals surface area contributed by atoms with Gasteiger partial charge in [0.05, 0.1) is 12.7 Å². The minimum absolute atomic E-state index is 0.153. The summed E-state index contributed by atoms with van der Waals surface area (Å²) >= 11 is 0. The van der Waals surface area contributed by atoms with Crippen LogP contribution in [0, 0.1) is 5.92 Å². The number of rotatable bonds is 6. The second-order valence-electron chi connectivity index (χ2n) is 8.46. The molecule has 32 heavy (non-hydrogen) atoms. The second-order valence-corrected chi connectivity index (χ2v) is 8.46. The van der Waals surface area contributed by atoms with Gasteiger partial charge in [0.1, 0.15) is 0 Å². The quantitative estimate of drug-likeness (QED) is 0.505. The summed E-state index contributed by atoms with van der Waals surface area (Å²) in [7, 11) is 0. The highest BCUT2D eigenvalue weighted by Crippen LogP contribution is 2.22. The monoisotopic (exact) mass is 425 g/mol. The molecule has 1 amide bonds. The molecular formula is C26H27N5O. The SMILES string of the molecule is O=C(NCC1CCN(c2ccccc2)CC1)c1cn(Cc2ccc3ccccc3c2)nn1. The van der Waals surface area contributed by atoms with E-state index in [0.717, 1.165) is 31.5 Å². The van der Waals surface area contributed by atoms with Crippen molar-refractivity contribution < 1.29 is 4.79 Å². The Kier molecular flexibility index (Phi) is 5.83. The molecule has 0 bridgehead atoms. The minimum atomic E-state index is -0.153. The van der Waals surface area contributed by atoms with Crippen molar-refractivity contribution in [2.24, 2.45) is 5.92 Å². The summed E-state index contributed by atoms with van der Waals surface area (Å²) in [6, 6.07) is 25.1. The van der Waals surface area contributed by atoms with Crippen LogP contribution >= 0.6 is 0 Å². The summed E-state index contributed by atoms with van der Waals surface area (Å²) in [6.07, 6.45) is 3.87. The van der Waals surface area contributed by atoms with Gasteiger partial charge in [-0.15, -0.1) is 5.10 Å². The molecule has 0 saturated carbocycles. The summed E-state index contributed by atoms with van der Waals surface area (Å²) in [5.41, 5.74) is 2.77. The van der Waals surface area contributed by atoms with Crippen molar-refractivity contribution in [3.05, 3.63) is 90.3 Å². The van der Waals surface area contributed by atoms with Crippen LogP contribution in [0.3, 0.4) is 0 Å². The standard InChI is InChI=1S/C26H27N5O/c32-26(27-17-20-12-14-30(15-13-20)24-8-2-1-3-9-24)25-19-31(29-28-25)18-21-10-11-22-6-4-5-7-23(22)16-21/h1-11,16,19-20H,12-15,17-18H2,(H,27,32). The third kappa shape index (κ3) is 4.64. The largest absolute Gasteiger partial charge is 0.372 e. The lowest BCUT2D eigenvalue weighted by Crippen LogP contribution is -2.38. The average molecular weight is 426 g/mol. The van der Waals surface area contributed by atoms with Crippen molar-refractivity contribution in [1.29, 1.82) is 0 Å². The Hall–Kier alpha value is -3.67. The first-order valence-corrected chi connectivity index (χ1v) is 11.2. The number of hydrogen-bond donors (Lipinski definition) is 1. The number of piperidine rings is 1. The molecular weight excluding hydrogens is 398 g/mol. The smallest absolute Gasteiger partial charge is 0.273 e. The van der Waals surface area contributed by atoms with Crippen molar-refractivity contribution in [3.63, 3.8) is 0 Å². The first-order valence-electron chi connectivity index (χ1n) is 11.2. The van der Waals surface area contributed by atoms with E-state index in [1.807, 2.05) is 18.2 Å². The Balaban J connectivity index is 1.12. The van der Waals surface area contributed by atoms with Gasteiger partial charge >= 0.3 is 0 Å². The molecule has 1 aliphatic heterocycles. The summed E-state index contributed by atoms with van der Waals surface area (Å²) < 4.78 is 1.72. The van der Waals surface area contributed by atoms with Crippen LogP contribution in [0.5, 0.6) is 0 Å². The van der Waals surface area contributed by atoms with Crippen LogP contribution < -0.4 is 10.2 Å². The number of amides is 1. The zero-order chi connectivity index (χ0) is 21.8. The summed E-state index contributed by atoms with van der Waals surface area (Å²) in [5.74, 6) is 0.340. The number of aromatic nitrogens is 3. The molecule has 1 N–H and O–H groups in total. The van der Waals surface area contributed by atoms with Crippen molar-refractivity contribution in [2.45, 2.75) is 19.4 Å². The van der Waals surface area contributed by atoms with Crippen LogP contribution in [-0.4, -0.2) is 40.5 Å². The van der Waals surface area contributed by atoms with Crippen LogP contribution in [0.4, 0.5) is 5.69 Å². The zero-order valence-corrected chi connectivity index (χ0v) is 18.0. The van der Waals surface area contributed by atoms with E-state index in [9.17, 15) is 4.79 Å². The van der Waals surface area contributed by atoms with Crippen LogP contribution in [0.25, 0.3) is 10.8 Å². The van der Waals surface area contributed by atoms with E-state index >= 15 is 0 Å². The molecule has 2 heterocycles. The van der Waals surface area contributed by atoms with Gasteiger partial charge in [-0.2, -0.15) is 0 Å². The van der Waals surface area contributed by atoms with Gasteiger partial charge in [0, 0.05) is 25.3 Å². The van der Waals surface area contributed by atoms with Gasteiger partial charge in [0.15, 0.2) is 5.69 Å². The van der Waals surface area contributed by atoms with Gasteiger partial charge in [-0.25, -0.2) is 4.68 Å². The van der Waals surface area contributed by atoms with Crippen molar-refractivity contribution >= 4 is 22.4 Å². The molecule has 0 unspecified atom stereocenters. The lowest BCUT2D eigenvalue weighted by Gasteiger charge is -2.33. The van der Waals surface area contributed by atoms with Gasteiger partial charge in [-0.3, -0.25) is 4.79 Å². The number of nitrogens with one attached hydrogen (secondary N) is 1. The molecule has 0 aliphatic carbocycles. The molecule has 1 saturated heterocycles. The van der Waals surface area contributed by atoms with Crippen molar-refractivity contribution in [3.8, 4) is 0 Å². The Morgan fingerprint density at radius 2 is 1.69 bits per heavy atom. The van der Waals surface area contributed by atoms with E-state index < -0.39 is 0 Å². The van der Waals surface area contributed by atoms with Crippen LogP contribution in [0.2, 0.25) is 0 Å². The fourth-order valence-electron chi connectivity index (χ4n) is 4.37. The number of anilines is 1. The van der Waals surface area contributed by atoms with Gasteiger partial charge in [-0.05, 0) is 53.3 Å². The van der Waals surface area contributed by atoms with Gasteiger partial charge in [0.2, 0.25) is 0 Å². The van der Waals surface area contributed by atoms with Gasteiger partial charge in [0.25, 0.3) is 5.91 Å². The topological polar surface area (TPSA) is 63.1 Å². The molecule has 4 aromatic rings. The highest BCUT2D eigenvalue weighted by molar-refractivity contribution is 5.91. The fourth-order valence-corrected chi connectivity index (χ4v) is 4.37. The van der Waals surface area contributed by atoms with Crippen LogP contribution in [0.1, 0.15) is 28.9 Å². The van der Waals surface area contributed by atoms with Crippen molar-refractivity contribution in [2.75, 3.05) is 24.5 Å². The summed E-state index contributed by atoms with van der Waals surface area (Å²) in [5, 5.41) is 13.7. The molecule has 5 rings (SSSR count). The third-order valence-corrected chi connectivity index (χ3v) is 6.22. The number of fused-ring (bicyclic) bond motifs is 1. The Morgan fingerprint density at radius 3 is 2.50 bits per heavy atom. The van der Waals surface area contributed by atoms with E-state index in [4.69, 9.17) is 0 Å². The zero-order valence-electron chi connectivity index (χ0n) is 18.0. The normalized spacial score (nSPS) is 14.6. The lowest BCUT2D eigenvalue weighted by molar-refractivity contribution is 0.0940. The first-order chi connectivity index (χ1) is 15.7. The maximum absolute atomic E-state index is 12.6. The molecule has 1 aromatic heterocycles. The Bertz CT molecular complexity index is 1200. The molecule has 0 atom stereocenters. The number of carbonyl (C=O) groups is 1. The Morgan fingerprint density at radius 1 is 0.938 bits per heavy atom. The number of hydrogen-bond acceptors (Lipinski definition) is 4. The molecule has 6 heteroatoms. The highest BCUT2D eigenvalue weighted by atomic mass is 16.2. The summed E-state index contributed by atoms with van der Waals surface area (Å²) in [6.45, 7) is 3.31. The van der Waals surface area contributed by atoms with E-state index in [-0.39, 0.29) is 5.91 Å². The first kappa shape index (κ1) is 20.2. The van der Waals surface area contributed by atoms with Crippen LogP contribution in [0.15, 0.2) is 79.0 Å². The highest BCUT2D eigenvalue weighted by Gasteiger charge is 2.20. The predicted molar refractivity (Wildman–Crippen MR) is 127 cm³/mol. The lowest BCUT2D eigenvalue weighted by atomic mass is 9.96. The van der Waals surface area contributed by atoms with E-state index in [1.165, 1.54) is 16.5 Å². The number of para-hydroxylation sites is 1. The fraction of sp³-hybridized carbons (Fsp3) is 0.269. The molecule has 162 valence electrons. The average Bonchev–Trinajstić information content (AvgIpc) is 3.32. The van der Waals surface area contributed by atoms with E-state index in [0.29, 0.717) is 24.7 Å². The molecule has 3 aromatic carbocycles. The number of benzene rings is 3. The maximum Gasteiger partial charge on any atom is 0.273 e. The number of nitrogens with zero attached hydrogens (tertiary/aromatic N) is 4. The molecule has 6 nitrogen and oxygen atoms in total. The predicted octanol–water partition coefficient (Wildman–Crippen LogP) is 4.13. The van der Waals surface area contributed by atoms with E-state index in [2.05, 4.69) is 75.1 Å². The maximum atomic E-state index is 12.6. The van der Waals surface area contributed by atoms with Crippen molar-refractivity contribution in [1.82, 2.24) is 20.3 Å². The van der Waals surface area contributed by atoms with Gasteiger partial charge in [-0.1, -0.05) is 59.8 Å². The Labute approximate surface area is 187 Å². The number of carbonyl (C=O) groups excluding carboxylic acids is 1. The van der Waals surface area contributed by atoms with E-state index in [1.54, 1.807) is 10.9 Å².